The molecule has 2 saturated heterocycles. The van der Waals surface area contributed by atoms with Crippen LogP contribution in [-0.2, 0) is 9.59 Å². The molecule has 1 aromatic rings. The summed E-state index contributed by atoms with van der Waals surface area (Å²) in [7, 11) is 0. The number of para-hydroxylation sites is 1. The molecule has 0 saturated carbocycles. The molecule has 31 heavy (non-hydrogen) atoms. The molecule has 2 fully saturated rings. The van der Waals surface area contributed by atoms with Gasteiger partial charge in [0.15, 0.2) is 0 Å². The molecule has 0 radical (unpaired) electrons. The fraction of sp³-hybridized carbons (Fsp3) is 0.625. The smallest absolute Gasteiger partial charge is 0.258 e. The van der Waals surface area contributed by atoms with Gasteiger partial charge in [-0.25, -0.2) is 0 Å². The molecular weight excluding hydrogens is 394 g/mol. The second-order valence-corrected chi connectivity index (χ2v) is 8.85. The molecule has 0 aliphatic carbocycles. The fourth-order valence-corrected chi connectivity index (χ4v) is 4.40. The van der Waals surface area contributed by atoms with Gasteiger partial charge in [0.1, 0.15) is 11.8 Å². The zero-order valence-electron chi connectivity index (χ0n) is 18.9. The maximum atomic E-state index is 13.4. The minimum Gasteiger partial charge on any atom is -0.493 e. The Kier molecular flexibility index (Phi) is 7.93. The van der Waals surface area contributed by atoms with Gasteiger partial charge < -0.3 is 19.9 Å². The third-order valence-corrected chi connectivity index (χ3v) is 6.00. The van der Waals surface area contributed by atoms with E-state index in [0.717, 1.165) is 19.3 Å². The SMILES string of the molecule is CCOc1ccccc1C(=O)N1CCC[C@H]1C(=O)N1CCC[C@@H](C(=O)NCC(C)C)C1. The van der Waals surface area contributed by atoms with Gasteiger partial charge in [-0.15, -0.1) is 0 Å². The number of carbonyl (C=O) groups is 3. The van der Waals surface area contributed by atoms with E-state index in [4.69, 9.17) is 4.74 Å². The van der Waals surface area contributed by atoms with Crippen molar-refractivity contribution in [3.63, 3.8) is 0 Å². The lowest BCUT2D eigenvalue weighted by Crippen LogP contribution is -2.52. The Balaban J connectivity index is 1.68. The number of hydrogen-bond donors (Lipinski definition) is 1. The lowest BCUT2D eigenvalue weighted by atomic mass is 9.96. The highest BCUT2D eigenvalue weighted by Gasteiger charge is 2.39. The van der Waals surface area contributed by atoms with Crippen LogP contribution >= 0.6 is 0 Å². The average molecular weight is 430 g/mol. The number of nitrogens with zero attached hydrogens (tertiary/aromatic N) is 2. The summed E-state index contributed by atoms with van der Waals surface area (Å²) in [6.45, 7) is 8.75. The van der Waals surface area contributed by atoms with Crippen molar-refractivity contribution in [2.24, 2.45) is 11.8 Å². The van der Waals surface area contributed by atoms with Crippen molar-refractivity contribution >= 4 is 17.7 Å². The molecule has 2 aliphatic heterocycles. The van der Waals surface area contributed by atoms with E-state index in [-0.39, 0.29) is 23.6 Å². The molecule has 0 bridgehead atoms. The van der Waals surface area contributed by atoms with Gasteiger partial charge in [0, 0.05) is 26.2 Å². The Hall–Kier alpha value is -2.57. The van der Waals surface area contributed by atoms with Crippen molar-refractivity contribution in [3.05, 3.63) is 29.8 Å². The first-order valence-corrected chi connectivity index (χ1v) is 11.5. The van der Waals surface area contributed by atoms with Crippen LogP contribution in [0.3, 0.4) is 0 Å². The molecule has 2 aliphatic rings. The summed E-state index contributed by atoms with van der Waals surface area (Å²) in [5, 5.41) is 2.99. The summed E-state index contributed by atoms with van der Waals surface area (Å²) in [6.07, 6.45) is 3.05. The van der Waals surface area contributed by atoms with E-state index in [9.17, 15) is 14.4 Å². The second-order valence-electron chi connectivity index (χ2n) is 8.85. The molecule has 1 N–H and O–H groups in total. The number of rotatable bonds is 7. The standard InChI is InChI=1S/C24H35N3O4/c1-4-31-21-12-6-5-10-19(21)23(29)27-14-8-11-20(27)24(30)26-13-7-9-18(16-26)22(28)25-15-17(2)3/h5-6,10,12,17-18,20H,4,7-9,11,13-16H2,1-3H3,(H,25,28)/t18-,20+/m1/s1. The van der Waals surface area contributed by atoms with Crippen molar-refractivity contribution in [1.82, 2.24) is 15.1 Å². The predicted octanol–water partition coefficient (Wildman–Crippen LogP) is 2.70. The normalized spacial score (nSPS) is 21.3. The van der Waals surface area contributed by atoms with Crippen molar-refractivity contribution in [2.75, 3.05) is 32.8 Å². The highest BCUT2D eigenvalue weighted by Crippen LogP contribution is 2.27. The molecule has 2 atom stereocenters. The van der Waals surface area contributed by atoms with Crippen LogP contribution in [0.5, 0.6) is 5.75 Å². The molecule has 0 aromatic heterocycles. The van der Waals surface area contributed by atoms with Crippen LogP contribution < -0.4 is 10.1 Å². The van der Waals surface area contributed by atoms with E-state index in [1.54, 1.807) is 21.9 Å². The van der Waals surface area contributed by atoms with Crippen LogP contribution in [0.25, 0.3) is 0 Å². The van der Waals surface area contributed by atoms with E-state index in [2.05, 4.69) is 19.2 Å². The van der Waals surface area contributed by atoms with Gasteiger partial charge in [0.25, 0.3) is 5.91 Å². The number of piperidine rings is 1. The van der Waals surface area contributed by atoms with Gasteiger partial charge in [-0.2, -0.15) is 0 Å². The van der Waals surface area contributed by atoms with E-state index in [1.165, 1.54) is 0 Å². The van der Waals surface area contributed by atoms with E-state index >= 15 is 0 Å². The zero-order chi connectivity index (χ0) is 22.4. The summed E-state index contributed by atoms with van der Waals surface area (Å²) in [5.74, 6) is 0.581. The number of nitrogens with one attached hydrogen (secondary N) is 1. The molecule has 170 valence electrons. The predicted molar refractivity (Wildman–Crippen MR) is 119 cm³/mol. The summed E-state index contributed by atoms with van der Waals surface area (Å²) in [4.78, 5) is 42.6. The van der Waals surface area contributed by atoms with Crippen LogP contribution in [0, 0.1) is 11.8 Å². The lowest BCUT2D eigenvalue weighted by molar-refractivity contribution is -0.139. The van der Waals surface area contributed by atoms with Crippen LogP contribution in [0.15, 0.2) is 24.3 Å². The van der Waals surface area contributed by atoms with Crippen LogP contribution in [-0.4, -0.2) is 66.3 Å². The summed E-state index contributed by atoms with van der Waals surface area (Å²) in [5.41, 5.74) is 0.494. The number of ether oxygens (including phenoxy) is 1. The van der Waals surface area contributed by atoms with Gasteiger partial charge in [0.05, 0.1) is 18.1 Å². The molecule has 1 aromatic carbocycles. The largest absolute Gasteiger partial charge is 0.493 e. The molecule has 3 amide bonds. The summed E-state index contributed by atoms with van der Waals surface area (Å²) in [6, 6.07) is 6.72. The summed E-state index contributed by atoms with van der Waals surface area (Å²) >= 11 is 0. The number of likely N-dealkylation sites (tertiary alicyclic amines) is 2. The molecule has 2 heterocycles. The Morgan fingerprint density at radius 3 is 2.61 bits per heavy atom. The molecule has 7 heteroatoms. The van der Waals surface area contributed by atoms with Gasteiger partial charge in [-0.05, 0) is 50.7 Å². The maximum Gasteiger partial charge on any atom is 0.258 e. The van der Waals surface area contributed by atoms with Gasteiger partial charge in [0.2, 0.25) is 11.8 Å². The lowest BCUT2D eigenvalue weighted by Gasteiger charge is -2.35. The van der Waals surface area contributed by atoms with Crippen molar-refractivity contribution in [2.45, 2.75) is 52.5 Å². The number of amides is 3. The first-order chi connectivity index (χ1) is 14.9. The van der Waals surface area contributed by atoms with Gasteiger partial charge in [-0.3, -0.25) is 14.4 Å². The van der Waals surface area contributed by atoms with E-state index in [0.29, 0.717) is 56.4 Å². The third kappa shape index (κ3) is 5.57. The monoisotopic (exact) mass is 429 g/mol. The van der Waals surface area contributed by atoms with Crippen LogP contribution in [0.2, 0.25) is 0 Å². The molecule has 0 unspecified atom stereocenters. The first-order valence-electron chi connectivity index (χ1n) is 11.5. The highest BCUT2D eigenvalue weighted by molar-refractivity contribution is 6.00. The van der Waals surface area contributed by atoms with Crippen LogP contribution in [0.1, 0.15) is 56.8 Å². The van der Waals surface area contributed by atoms with E-state index in [1.807, 2.05) is 19.1 Å². The Morgan fingerprint density at radius 2 is 1.87 bits per heavy atom. The Labute approximate surface area is 185 Å². The molecular formula is C24H35N3O4. The van der Waals surface area contributed by atoms with Crippen molar-refractivity contribution in [1.29, 1.82) is 0 Å². The number of hydrogen-bond acceptors (Lipinski definition) is 4. The second kappa shape index (κ2) is 10.6. The Morgan fingerprint density at radius 1 is 1.13 bits per heavy atom. The van der Waals surface area contributed by atoms with Gasteiger partial charge in [-0.1, -0.05) is 26.0 Å². The highest BCUT2D eigenvalue weighted by atomic mass is 16.5. The minimum absolute atomic E-state index is 0.0243. The Bertz CT molecular complexity index is 795. The van der Waals surface area contributed by atoms with Crippen molar-refractivity contribution < 1.29 is 19.1 Å². The fourth-order valence-electron chi connectivity index (χ4n) is 4.40. The zero-order valence-corrected chi connectivity index (χ0v) is 18.9. The van der Waals surface area contributed by atoms with Gasteiger partial charge >= 0.3 is 0 Å². The molecule has 3 rings (SSSR count). The van der Waals surface area contributed by atoms with Crippen LogP contribution in [0.4, 0.5) is 0 Å². The topological polar surface area (TPSA) is 79.0 Å². The summed E-state index contributed by atoms with van der Waals surface area (Å²) < 4.78 is 5.62. The average Bonchev–Trinajstić information content (AvgIpc) is 3.27. The van der Waals surface area contributed by atoms with E-state index < -0.39 is 6.04 Å². The number of benzene rings is 1. The molecule has 0 spiro atoms. The quantitative estimate of drug-likeness (QED) is 0.723. The minimum atomic E-state index is -0.473. The molecule has 7 nitrogen and oxygen atoms in total. The first kappa shape index (κ1) is 23.1. The number of carbonyl (C=O) groups excluding carboxylic acids is 3. The maximum absolute atomic E-state index is 13.4. The third-order valence-electron chi connectivity index (χ3n) is 6.00. The van der Waals surface area contributed by atoms with Crippen molar-refractivity contribution in [3.8, 4) is 5.75 Å².